The van der Waals surface area contributed by atoms with Crippen molar-refractivity contribution in [2.24, 2.45) is 7.05 Å². The average molecular weight is 282 g/mol. The fraction of sp³-hybridized carbons (Fsp3) is 0.583. The van der Waals surface area contributed by atoms with Crippen LogP contribution in [0.15, 0.2) is 12.4 Å². The Bertz CT molecular complexity index is 501. The maximum absolute atomic E-state index is 12.3. The van der Waals surface area contributed by atoms with E-state index in [1.165, 1.54) is 9.80 Å². The molecule has 1 N–H and O–H groups in total. The van der Waals surface area contributed by atoms with E-state index >= 15 is 0 Å². The van der Waals surface area contributed by atoms with Crippen LogP contribution in [0.4, 0.5) is 4.79 Å². The van der Waals surface area contributed by atoms with Crippen LogP contribution in [0, 0.1) is 0 Å². The summed E-state index contributed by atoms with van der Waals surface area (Å²) in [5.74, 6) is -1.05. The normalized spacial score (nSPS) is 18.9. The molecule has 1 aliphatic rings. The van der Waals surface area contributed by atoms with Gasteiger partial charge in [-0.1, -0.05) is 0 Å². The minimum Gasteiger partial charge on any atom is -0.480 e. The first kappa shape index (κ1) is 14.3. The van der Waals surface area contributed by atoms with Crippen molar-refractivity contribution >= 4 is 12.0 Å². The molecule has 1 saturated heterocycles. The quantitative estimate of drug-likeness (QED) is 0.826. The molecular formula is C12H18N4O4. The predicted octanol–water partition coefficient (Wildman–Crippen LogP) is -0.243. The SMILES string of the molecule is CN(Cc1cnn(C)c1)C(=O)N1CCOCC1C(=O)O. The van der Waals surface area contributed by atoms with Crippen LogP contribution < -0.4 is 0 Å². The lowest BCUT2D eigenvalue weighted by Gasteiger charge is -2.35. The van der Waals surface area contributed by atoms with Gasteiger partial charge in [0.05, 0.1) is 26.0 Å². The number of urea groups is 1. The lowest BCUT2D eigenvalue weighted by atomic mass is 10.2. The molecule has 0 aromatic carbocycles. The zero-order valence-corrected chi connectivity index (χ0v) is 11.5. The molecule has 1 aromatic rings. The Morgan fingerprint density at radius 2 is 2.35 bits per heavy atom. The van der Waals surface area contributed by atoms with Crippen LogP contribution in [0.3, 0.4) is 0 Å². The van der Waals surface area contributed by atoms with E-state index in [0.29, 0.717) is 13.2 Å². The molecule has 0 saturated carbocycles. The number of hydrogen-bond acceptors (Lipinski definition) is 4. The summed E-state index contributed by atoms with van der Waals surface area (Å²) in [4.78, 5) is 26.3. The number of hydrogen-bond donors (Lipinski definition) is 1. The predicted molar refractivity (Wildman–Crippen MR) is 69.0 cm³/mol. The maximum atomic E-state index is 12.3. The van der Waals surface area contributed by atoms with E-state index in [0.717, 1.165) is 5.56 Å². The number of carbonyl (C=O) groups excluding carboxylic acids is 1. The molecule has 1 fully saturated rings. The molecular weight excluding hydrogens is 264 g/mol. The van der Waals surface area contributed by atoms with E-state index in [2.05, 4.69) is 5.10 Å². The second kappa shape index (κ2) is 5.91. The molecule has 0 radical (unpaired) electrons. The van der Waals surface area contributed by atoms with Gasteiger partial charge in [0.15, 0.2) is 6.04 Å². The number of amides is 2. The van der Waals surface area contributed by atoms with Gasteiger partial charge < -0.3 is 19.6 Å². The Balaban J connectivity index is 2.02. The van der Waals surface area contributed by atoms with Gasteiger partial charge >= 0.3 is 12.0 Å². The molecule has 0 bridgehead atoms. The van der Waals surface area contributed by atoms with Gasteiger partial charge in [0.2, 0.25) is 0 Å². The zero-order chi connectivity index (χ0) is 14.7. The number of carboxylic acids is 1. The van der Waals surface area contributed by atoms with Gasteiger partial charge in [0, 0.05) is 32.4 Å². The van der Waals surface area contributed by atoms with Gasteiger partial charge in [-0.2, -0.15) is 5.10 Å². The van der Waals surface area contributed by atoms with Crippen molar-refractivity contribution in [3.05, 3.63) is 18.0 Å². The highest BCUT2D eigenvalue weighted by atomic mass is 16.5. The van der Waals surface area contributed by atoms with Gasteiger partial charge in [0.1, 0.15) is 0 Å². The number of nitrogens with zero attached hydrogens (tertiary/aromatic N) is 4. The lowest BCUT2D eigenvalue weighted by Crippen LogP contribution is -2.55. The van der Waals surface area contributed by atoms with Crippen LogP contribution in [0.2, 0.25) is 0 Å². The first-order valence-corrected chi connectivity index (χ1v) is 6.29. The van der Waals surface area contributed by atoms with Crippen LogP contribution in [-0.2, 0) is 23.1 Å². The molecule has 1 aromatic heterocycles. The van der Waals surface area contributed by atoms with Crippen molar-refractivity contribution in [3.8, 4) is 0 Å². The van der Waals surface area contributed by atoms with Crippen molar-refractivity contribution in [1.82, 2.24) is 19.6 Å². The lowest BCUT2D eigenvalue weighted by molar-refractivity contribution is -0.147. The number of aliphatic carboxylic acids is 1. The molecule has 2 amide bonds. The van der Waals surface area contributed by atoms with E-state index in [-0.39, 0.29) is 19.2 Å². The molecule has 2 rings (SSSR count). The molecule has 1 unspecified atom stereocenters. The largest absolute Gasteiger partial charge is 0.480 e. The van der Waals surface area contributed by atoms with E-state index in [4.69, 9.17) is 9.84 Å². The van der Waals surface area contributed by atoms with Crippen LogP contribution in [0.1, 0.15) is 5.56 Å². The molecule has 0 aliphatic carbocycles. The van der Waals surface area contributed by atoms with Crippen LogP contribution in [-0.4, -0.2) is 69.5 Å². The van der Waals surface area contributed by atoms with Gasteiger partial charge in [-0.15, -0.1) is 0 Å². The zero-order valence-electron chi connectivity index (χ0n) is 11.5. The number of carboxylic acid groups (broad SMARTS) is 1. The summed E-state index contributed by atoms with van der Waals surface area (Å²) in [7, 11) is 3.44. The summed E-state index contributed by atoms with van der Waals surface area (Å²) >= 11 is 0. The van der Waals surface area contributed by atoms with Gasteiger partial charge in [-0.25, -0.2) is 9.59 Å². The molecule has 8 nitrogen and oxygen atoms in total. The minimum atomic E-state index is -1.05. The smallest absolute Gasteiger partial charge is 0.328 e. The summed E-state index contributed by atoms with van der Waals surface area (Å²) in [6, 6.07) is -1.24. The summed E-state index contributed by atoms with van der Waals surface area (Å²) in [5, 5.41) is 13.2. The Morgan fingerprint density at radius 1 is 1.60 bits per heavy atom. The molecule has 1 aliphatic heterocycles. The highest BCUT2D eigenvalue weighted by Gasteiger charge is 2.34. The number of morpholine rings is 1. The van der Waals surface area contributed by atoms with E-state index in [9.17, 15) is 9.59 Å². The second-order valence-corrected chi connectivity index (χ2v) is 4.78. The van der Waals surface area contributed by atoms with Gasteiger partial charge in [0.25, 0.3) is 0 Å². The highest BCUT2D eigenvalue weighted by molar-refractivity contribution is 5.82. The molecule has 2 heterocycles. The van der Waals surface area contributed by atoms with Crippen molar-refractivity contribution in [2.75, 3.05) is 26.8 Å². The minimum absolute atomic E-state index is 0.0296. The highest BCUT2D eigenvalue weighted by Crippen LogP contribution is 2.12. The van der Waals surface area contributed by atoms with Gasteiger partial charge in [-0.3, -0.25) is 4.68 Å². The maximum Gasteiger partial charge on any atom is 0.328 e. The summed E-state index contributed by atoms with van der Waals surface area (Å²) in [6.45, 7) is 1.06. The standard InChI is InChI=1S/C12H18N4O4/c1-14(6-9-5-13-15(2)7-9)12(19)16-3-4-20-8-10(16)11(17)18/h5,7,10H,3-4,6,8H2,1-2H3,(H,17,18). The van der Waals surface area contributed by atoms with Crippen molar-refractivity contribution in [2.45, 2.75) is 12.6 Å². The van der Waals surface area contributed by atoms with Crippen molar-refractivity contribution in [1.29, 1.82) is 0 Å². The summed E-state index contributed by atoms with van der Waals surface area (Å²) < 4.78 is 6.77. The number of rotatable bonds is 3. The third-order valence-electron chi connectivity index (χ3n) is 3.16. The van der Waals surface area contributed by atoms with Gasteiger partial charge in [-0.05, 0) is 0 Å². The second-order valence-electron chi connectivity index (χ2n) is 4.78. The fourth-order valence-electron chi connectivity index (χ4n) is 2.15. The first-order valence-electron chi connectivity index (χ1n) is 6.29. The third-order valence-corrected chi connectivity index (χ3v) is 3.16. The Morgan fingerprint density at radius 3 is 2.95 bits per heavy atom. The Hall–Kier alpha value is -2.09. The van der Waals surface area contributed by atoms with Crippen molar-refractivity contribution in [3.63, 3.8) is 0 Å². The number of aryl methyl sites for hydroxylation is 1. The van der Waals surface area contributed by atoms with Crippen LogP contribution in [0.5, 0.6) is 0 Å². The number of ether oxygens (including phenoxy) is 1. The topological polar surface area (TPSA) is 87.9 Å². The Labute approximate surface area is 116 Å². The molecule has 20 heavy (non-hydrogen) atoms. The Kier molecular flexibility index (Phi) is 4.23. The molecule has 110 valence electrons. The van der Waals surface area contributed by atoms with E-state index in [1.807, 2.05) is 6.20 Å². The summed E-state index contributed by atoms with van der Waals surface area (Å²) in [6.07, 6.45) is 3.50. The molecule has 0 spiro atoms. The van der Waals surface area contributed by atoms with Crippen LogP contribution >= 0.6 is 0 Å². The number of carbonyl (C=O) groups is 2. The monoisotopic (exact) mass is 282 g/mol. The molecule has 1 atom stereocenters. The van der Waals surface area contributed by atoms with Crippen molar-refractivity contribution < 1.29 is 19.4 Å². The fourth-order valence-corrected chi connectivity index (χ4v) is 2.15. The third kappa shape index (κ3) is 3.08. The van der Waals surface area contributed by atoms with E-state index in [1.54, 1.807) is 25.0 Å². The number of aromatic nitrogens is 2. The summed E-state index contributed by atoms with van der Waals surface area (Å²) in [5.41, 5.74) is 0.892. The average Bonchev–Trinajstić information content (AvgIpc) is 2.83. The van der Waals surface area contributed by atoms with Crippen LogP contribution in [0.25, 0.3) is 0 Å². The first-order chi connectivity index (χ1) is 9.49. The van der Waals surface area contributed by atoms with E-state index < -0.39 is 12.0 Å². The molecule has 8 heteroatoms.